The molecule has 0 aromatic carbocycles. The molecular weight excluding hydrogens is 887 g/mol. The molecule has 404 valence electrons. The molecule has 0 saturated carbocycles. The first kappa shape index (κ1) is 65.6. The van der Waals surface area contributed by atoms with Gasteiger partial charge in [0.2, 0.25) is 5.91 Å². The number of carbonyl (C=O) groups is 1. The van der Waals surface area contributed by atoms with Crippen molar-refractivity contribution in [3.63, 3.8) is 0 Å². The number of rotatable bonds is 46. The van der Waals surface area contributed by atoms with Gasteiger partial charge in [0.05, 0.1) is 25.4 Å². The first-order valence-corrected chi connectivity index (χ1v) is 28.2. The Balaban J connectivity index is 2.17. The van der Waals surface area contributed by atoms with E-state index >= 15 is 0 Å². The van der Waals surface area contributed by atoms with Crippen LogP contribution in [0.1, 0.15) is 206 Å². The van der Waals surface area contributed by atoms with Crippen LogP contribution in [0, 0.1) is 0 Å². The number of allylic oxidation sites excluding steroid dienone is 20. The third kappa shape index (κ3) is 39.8. The predicted octanol–water partition coefficient (Wildman–Crippen LogP) is 14.0. The van der Waals surface area contributed by atoms with E-state index in [4.69, 9.17) is 9.47 Å². The number of hydrogen-bond acceptors (Lipinski definition) is 8. The van der Waals surface area contributed by atoms with E-state index in [1.807, 2.05) is 0 Å². The van der Waals surface area contributed by atoms with Crippen LogP contribution in [0.15, 0.2) is 122 Å². The van der Waals surface area contributed by atoms with Crippen LogP contribution >= 0.6 is 0 Å². The lowest BCUT2D eigenvalue weighted by atomic mass is 9.99. The molecule has 1 amide bonds. The summed E-state index contributed by atoms with van der Waals surface area (Å²) in [5.41, 5.74) is 0. The quantitative estimate of drug-likeness (QED) is 0.0261. The molecule has 71 heavy (non-hydrogen) atoms. The molecule has 0 spiro atoms. The highest BCUT2D eigenvalue weighted by molar-refractivity contribution is 5.76. The van der Waals surface area contributed by atoms with Crippen molar-refractivity contribution in [2.24, 2.45) is 0 Å². The molecule has 1 rings (SSSR count). The normalized spacial score (nSPS) is 20.2. The Morgan fingerprint density at radius 3 is 1.30 bits per heavy atom. The molecule has 9 heteroatoms. The average Bonchev–Trinajstić information content (AvgIpc) is 3.37. The number of nitrogens with one attached hydrogen (secondary N) is 1. The highest BCUT2D eigenvalue weighted by Gasteiger charge is 2.44. The highest BCUT2D eigenvalue weighted by atomic mass is 16.7. The predicted molar refractivity (Wildman–Crippen MR) is 299 cm³/mol. The van der Waals surface area contributed by atoms with Gasteiger partial charge in [0.1, 0.15) is 24.4 Å². The third-order valence-corrected chi connectivity index (χ3v) is 12.6. The Morgan fingerprint density at radius 2 is 0.873 bits per heavy atom. The first-order chi connectivity index (χ1) is 34.8. The molecule has 9 nitrogen and oxygen atoms in total. The van der Waals surface area contributed by atoms with Crippen LogP contribution in [0.25, 0.3) is 0 Å². The van der Waals surface area contributed by atoms with Gasteiger partial charge in [0, 0.05) is 6.42 Å². The van der Waals surface area contributed by atoms with Crippen molar-refractivity contribution in [3.05, 3.63) is 122 Å². The van der Waals surface area contributed by atoms with Crippen LogP contribution in [0.5, 0.6) is 0 Å². The maximum Gasteiger partial charge on any atom is 0.220 e. The lowest BCUT2D eigenvalue weighted by Crippen LogP contribution is -2.60. The monoisotopic (exact) mass is 990 g/mol. The Morgan fingerprint density at radius 1 is 0.493 bits per heavy atom. The van der Waals surface area contributed by atoms with Crippen LogP contribution in [0.4, 0.5) is 0 Å². The Bertz CT molecular complexity index is 1520. The summed E-state index contributed by atoms with van der Waals surface area (Å²) in [5, 5.41) is 54.4. The van der Waals surface area contributed by atoms with Gasteiger partial charge in [0.25, 0.3) is 0 Å². The summed E-state index contributed by atoms with van der Waals surface area (Å²) in [7, 11) is 0. The molecule has 0 bridgehead atoms. The van der Waals surface area contributed by atoms with E-state index in [-0.39, 0.29) is 12.5 Å². The Kier molecular flexibility index (Phi) is 46.3. The largest absolute Gasteiger partial charge is 0.394 e. The minimum absolute atomic E-state index is 0.151. The molecular formula is C62H103NO8. The van der Waals surface area contributed by atoms with E-state index in [9.17, 15) is 30.3 Å². The lowest BCUT2D eigenvalue weighted by Gasteiger charge is -2.40. The Hall–Kier alpha value is -3.41. The number of ether oxygens (including phenoxy) is 2. The number of amides is 1. The molecule has 1 saturated heterocycles. The summed E-state index contributed by atoms with van der Waals surface area (Å²) in [6.07, 6.45) is 68.0. The molecule has 0 aromatic heterocycles. The maximum atomic E-state index is 13.0. The zero-order valence-electron chi connectivity index (χ0n) is 44.7. The van der Waals surface area contributed by atoms with Gasteiger partial charge < -0.3 is 40.3 Å². The maximum absolute atomic E-state index is 13.0. The van der Waals surface area contributed by atoms with Crippen LogP contribution in [-0.2, 0) is 14.3 Å². The van der Waals surface area contributed by atoms with Crippen molar-refractivity contribution in [2.45, 2.75) is 249 Å². The van der Waals surface area contributed by atoms with Crippen molar-refractivity contribution >= 4 is 5.91 Å². The molecule has 7 unspecified atom stereocenters. The minimum Gasteiger partial charge on any atom is -0.394 e. The second kappa shape index (κ2) is 50.1. The zero-order valence-corrected chi connectivity index (χ0v) is 44.7. The molecule has 0 aromatic rings. The van der Waals surface area contributed by atoms with E-state index < -0.39 is 49.5 Å². The summed E-state index contributed by atoms with van der Waals surface area (Å²) < 4.78 is 11.3. The van der Waals surface area contributed by atoms with Gasteiger partial charge >= 0.3 is 0 Å². The number of carbonyl (C=O) groups excluding carboxylic acids is 1. The number of hydrogen-bond donors (Lipinski definition) is 6. The van der Waals surface area contributed by atoms with Crippen molar-refractivity contribution in [3.8, 4) is 0 Å². The van der Waals surface area contributed by atoms with Gasteiger partial charge in [-0.15, -0.1) is 0 Å². The van der Waals surface area contributed by atoms with Crippen LogP contribution < -0.4 is 5.32 Å². The van der Waals surface area contributed by atoms with E-state index in [0.29, 0.717) is 12.8 Å². The van der Waals surface area contributed by atoms with Crippen molar-refractivity contribution in [2.75, 3.05) is 13.2 Å². The highest BCUT2D eigenvalue weighted by Crippen LogP contribution is 2.23. The van der Waals surface area contributed by atoms with Gasteiger partial charge in [-0.1, -0.05) is 232 Å². The fourth-order valence-corrected chi connectivity index (χ4v) is 8.13. The summed E-state index contributed by atoms with van der Waals surface area (Å²) in [6.45, 7) is 3.68. The summed E-state index contributed by atoms with van der Waals surface area (Å²) >= 11 is 0. The minimum atomic E-state index is -1.56. The number of aliphatic hydroxyl groups excluding tert-OH is 5. The second-order valence-electron chi connectivity index (χ2n) is 19.0. The SMILES string of the molecule is CC/C=C\C/C=C\C/C=C\C/C=C\C/C=C\C/C=C\C/C=C\C/C=C\C/C=C\C/C=C\CCCCCCCCC(=O)NC(COC1OC(CO)C(O)C(O)C1O)C(O)CCCCCCCCCCCCC. The number of unbranched alkanes of at least 4 members (excludes halogenated alkanes) is 16. The smallest absolute Gasteiger partial charge is 0.220 e. The van der Waals surface area contributed by atoms with Gasteiger partial charge in [0.15, 0.2) is 6.29 Å². The van der Waals surface area contributed by atoms with Gasteiger partial charge in [-0.25, -0.2) is 0 Å². The van der Waals surface area contributed by atoms with Crippen molar-refractivity contribution < 1.29 is 39.8 Å². The topological polar surface area (TPSA) is 149 Å². The summed E-state index contributed by atoms with van der Waals surface area (Å²) in [5.74, 6) is -0.166. The zero-order chi connectivity index (χ0) is 51.5. The van der Waals surface area contributed by atoms with E-state index in [2.05, 4.69) is 141 Å². The van der Waals surface area contributed by atoms with Crippen LogP contribution in [0.3, 0.4) is 0 Å². The standard InChI is InChI=1S/C62H103NO8/c1-3-5-7-9-11-13-15-16-17-18-19-20-21-22-23-24-25-26-27-28-29-30-31-32-33-34-35-36-37-38-39-40-42-44-46-48-50-52-58(66)63-55(54-70-62-61(69)60(68)59(67)57(53-64)71-62)56(65)51-49-47-45-43-41-14-12-10-8-6-4-2/h5,7,11,13,16-17,19-20,22-23,25-26,28-29,31-32,34-35,37-38,55-57,59-62,64-65,67-69H,3-4,6,8-10,12,14-15,18,21,24,27,30,33,36,39-54H2,1-2H3,(H,63,66)/b7-5-,13-11-,17-16-,20-19-,23-22-,26-25-,29-28-,32-31-,35-34-,38-37-. The van der Waals surface area contributed by atoms with E-state index in [1.165, 1.54) is 51.4 Å². The molecule has 0 aliphatic carbocycles. The van der Waals surface area contributed by atoms with Crippen LogP contribution in [-0.4, -0.2) is 87.5 Å². The van der Waals surface area contributed by atoms with Gasteiger partial charge in [-0.05, 0) is 89.9 Å². The molecule has 1 aliphatic heterocycles. The first-order valence-electron chi connectivity index (χ1n) is 28.2. The summed E-state index contributed by atoms with van der Waals surface area (Å²) in [4.78, 5) is 13.0. The van der Waals surface area contributed by atoms with Crippen molar-refractivity contribution in [1.29, 1.82) is 0 Å². The third-order valence-electron chi connectivity index (χ3n) is 12.6. The number of aliphatic hydroxyl groups is 5. The Labute approximate surface area is 433 Å². The lowest BCUT2D eigenvalue weighted by molar-refractivity contribution is -0.302. The van der Waals surface area contributed by atoms with E-state index in [0.717, 1.165) is 128 Å². The molecule has 0 radical (unpaired) electrons. The van der Waals surface area contributed by atoms with Crippen molar-refractivity contribution in [1.82, 2.24) is 5.32 Å². The van der Waals surface area contributed by atoms with Gasteiger partial charge in [-0.2, -0.15) is 0 Å². The molecule has 1 heterocycles. The summed E-state index contributed by atoms with van der Waals surface area (Å²) in [6, 6.07) is -0.734. The molecule has 1 aliphatic rings. The molecule has 7 atom stereocenters. The average molecular weight is 991 g/mol. The second-order valence-corrected chi connectivity index (χ2v) is 19.0. The fraction of sp³-hybridized carbons (Fsp3) is 0.661. The molecule has 6 N–H and O–H groups in total. The van der Waals surface area contributed by atoms with E-state index in [1.54, 1.807) is 0 Å². The van der Waals surface area contributed by atoms with Gasteiger partial charge in [-0.3, -0.25) is 4.79 Å². The fourth-order valence-electron chi connectivity index (χ4n) is 8.13. The molecule has 1 fully saturated rings. The van der Waals surface area contributed by atoms with Crippen LogP contribution in [0.2, 0.25) is 0 Å².